The van der Waals surface area contributed by atoms with Gasteiger partial charge in [0, 0.05) is 12.5 Å². The van der Waals surface area contributed by atoms with E-state index in [0.717, 1.165) is 32.1 Å². The molecule has 0 unspecified atom stereocenters. The zero-order valence-electron chi connectivity index (χ0n) is 13.1. The van der Waals surface area contributed by atoms with Gasteiger partial charge in [0.2, 0.25) is 0 Å². The van der Waals surface area contributed by atoms with E-state index in [1.165, 1.54) is 13.0 Å². The van der Waals surface area contributed by atoms with Gasteiger partial charge in [-0.3, -0.25) is 9.59 Å². The fraction of sp³-hybridized carbons (Fsp3) is 0.471. The van der Waals surface area contributed by atoms with Gasteiger partial charge in [-0.2, -0.15) is 0 Å². The number of carboxylic acids is 1. The number of nitrogens with one attached hydrogen (secondary N) is 1. The third-order valence-electron chi connectivity index (χ3n) is 4.03. The second-order valence-corrected chi connectivity index (χ2v) is 5.81. The van der Waals surface area contributed by atoms with Gasteiger partial charge >= 0.3 is 11.9 Å². The molecule has 1 aliphatic rings. The SMILES string of the molecule is CC(=O)Oc1cccc(C(=O)N[C@H](C(=O)O)C2CCCCC2)c1. The maximum absolute atomic E-state index is 12.3. The molecule has 0 aliphatic heterocycles. The summed E-state index contributed by atoms with van der Waals surface area (Å²) in [7, 11) is 0. The van der Waals surface area contributed by atoms with Crippen molar-refractivity contribution >= 4 is 17.8 Å². The lowest BCUT2D eigenvalue weighted by Crippen LogP contribution is -2.46. The number of amides is 1. The monoisotopic (exact) mass is 319 g/mol. The molecule has 0 radical (unpaired) electrons. The molecule has 0 spiro atoms. The highest BCUT2D eigenvalue weighted by Crippen LogP contribution is 2.27. The molecule has 1 saturated carbocycles. The third-order valence-corrected chi connectivity index (χ3v) is 4.03. The smallest absolute Gasteiger partial charge is 0.326 e. The Morgan fingerprint density at radius 3 is 2.52 bits per heavy atom. The van der Waals surface area contributed by atoms with Crippen molar-refractivity contribution in [3.05, 3.63) is 29.8 Å². The Morgan fingerprint density at radius 1 is 1.22 bits per heavy atom. The fourth-order valence-electron chi connectivity index (χ4n) is 2.94. The molecular formula is C17H21NO5. The summed E-state index contributed by atoms with van der Waals surface area (Å²) in [5.41, 5.74) is 0.269. The number of ether oxygens (including phenoxy) is 1. The van der Waals surface area contributed by atoms with E-state index in [-0.39, 0.29) is 17.2 Å². The van der Waals surface area contributed by atoms with Gasteiger partial charge in [0.25, 0.3) is 5.91 Å². The molecule has 2 N–H and O–H groups in total. The molecule has 0 heterocycles. The Labute approximate surface area is 134 Å². The van der Waals surface area contributed by atoms with Crippen LogP contribution in [0.2, 0.25) is 0 Å². The van der Waals surface area contributed by atoms with Crippen molar-refractivity contribution in [2.24, 2.45) is 5.92 Å². The lowest BCUT2D eigenvalue weighted by Gasteiger charge is -2.28. The molecule has 6 nitrogen and oxygen atoms in total. The average molecular weight is 319 g/mol. The van der Waals surface area contributed by atoms with Gasteiger partial charge in [-0.25, -0.2) is 4.79 Å². The van der Waals surface area contributed by atoms with Crippen LogP contribution in [0.1, 0.15) is 49.4 Å². The zero-order chi connectivity index (χ0) is 16.8. The van der Waals surface area contributed by atoms with E-state index in [1.807, 2.05) is 0 Å². The first-order valence-electron chi connectivity index (χ1n) is 7.79. The maximum atomic E-state index is 12.3. The number of carboxylic acid groups (broad SMARTS) is 1. The van der Waals surface area contributed by atoms with E-state index in [1.54, 1.807) is 18.2 Å². The Bertz CT molecular complexity index is 592. The number of hydrogen-bond acceptors (Lipinski definition) is 4. The van der Waals surface area contributed by atoms with Crippen LogP contribution < -0.4 is 10.1 Å². The highest BCUT2D eigenvalue weighted by molar-refractivity contribution is 5.97. The van der Waals surface area contributed by atoms with Crippen LogP contribution in [-0.2, 0) is 9.59 Å². The van der Waals surface area contributed by atoms with Crippen molar-refractivity contribution < 1.29 is 24.2 Å². The van der Waals surface area contributed by atoms with Gasteiger partial charge in [-0.1, -0.05) is 25.3 Å². The van der Waals surface area contributed by atoms with Gasteiger partial charge in [-0.15, -0.1) is 0 Å². The summed E-state index contributed by atoms with van der Waals surface area (Å²) < 4.78 is 4.94. The molecule has 1 amide bonds. The van der Waals surface area contributed by atoms with Gasteiger partial charge in [0.15, 0.2) is 0 Å². The summed E-state index contributed by atoms with van der Waals surface area (Å²) in [6.07, 6.45) is 4.72. The molecule has 2 rings (SSSR count). The number of hydrogen-bond donors (Lipinski definition) is 2. The lowest BCUT2D eigenvalue weighted by atomic mass is 9.84. The topological polar surface area (TPSA) is 92.7 Å². The van der Waals surface area contributed by atoms with E-state index in [4.69, 9.17) is 4.74 Å². The first-order chi connectivity index (χ1) is 11.0. The van der Waals surface area contributed by atoms with E-state index < -0.39 is 23.9 Å². The Balaban J connectivity index is 2.09. The Kier molecular flexibility index (Phi) is 5.73. The van der Waals surface area contributed by atoms with Crippen molar-refractivity contribution in [3.63, 3.8) is 0 Å². The standard InChI is InChI=1S/C17H21NO5/c1-11(19)23-14-9-5-8-13(10-14)16(20)18-15(17(21)22)12-6-3-2-4-7-12/h5,8-10,12,15H,2-4,6-7H2,1H3,(H,18,20)(H,21,22)/t15-/m0/s1. The molecule has 1 fully saturated rings. The minimum atomic E-state index is -1.01. The Morgan fingerprint density at radius 2 is 1.91 bits per heavy atom. The van der Waals surface area contributed by atoms with Crippen LogP contribution in [0.5, 0.6) is 5.75 Å². The Hall–Kier alpha value is -2.37. The van der Waals surface area contributed by atoms with Crippen LogP contribution in [0.3, 0.4) is 0 Å². The zero-order valence-corrected chi connectivity index (χ0v) is 13.1. The normalized spacial score (nSPS) is 16.4. The third kappa shape index (κ3) is 4.81. The molecule has 6 heteroatoms. The van der Waals surface area contributed by atoms with Crippen molar-refractivity contribution in [1.82, 2.24) is 5.32 Å². The van der Waals surface area contributed by atoms with Crippen LogP contribution >= 0.6 is 0 Å². The van der Waals surface area contributed by atoms with E-state index >= 15 is 0 Å². The summed E-state index contributed by atoms with van der Waals surface area (Å²) in [5.74, 6) is -1.75. The summed E-state index contributed by atoms with van der Waals surface area (Å²) in [4.78, 5) is 34.8. The van der Waals surface area contributed by atoms with Crippen LogP contribution in [0.25, 0.3) is 0 Å². The molecule has 1 aromatic rings. The molecule has 1 aromatic carbocycles. The summed E-state index contributed by atoms with van der Waals surface area (Å²) >= 11 is 0. The number of aliphatic carboxylic acids is 1. The predicted molar refractivity (Wildman–Crippen MR) is 83.2 cm³/mol. The van der Waals surface area contributed by atoms with E-state index in [0.29, 0.717) is 0 Å². The quantitative estimate of drug-likeness (QED) is 0.642. The summed E-state index contributed by atoms with van der Waals surface area (Å²) in [5, 5.41) is 12.0. The van der Waals surface area contributed by atoms with Crippen LogP contribution in [0.4, 0.5) is 0 Å². The van der Waals surface area contributed by atoms with Crippen LogP contribution in [0.15, 0.2) is 24.3 Å². The van der Waals surface area contributed by atoms with Crippen molar-refractivity contribution in [2.45, 2.75) is 45.1 Å². The molecule has 23 heavy (non-hydrogen) atoms. The summed E-state index contributed by atoms with van der Waals surface area (Å²) in [6, 6.07) is 5.25. The number of esters is 1. The van der Waals surface area contributed by atoms with Crippen LogP contribution in [-0.4, -0.2) is 29.0 Å². The highest BCUT2D eigenvalue weighted by atomic mass is 16.5. The number of carbonyl (C=O) groups is 3. The molecular weight excluding hydrogens is 298 g/mol. The first kappa shape index (κ1) is 17.0. The second kappa shape index (κ2) is 7.76. The lowest BCUT2D eigenvalue weighted by molar-refractivity contribution is -0.141. The molecule has 0 saturated heterocycles. The van der Waals surface area contributed by atoms with Crippen molar-refractivity contribution in [1.29, 1.82) is 0 Å². The average Bonchev–Trinajstić information content (AvgIpc) is 2.52. The summed E-state index contributed by atoms with van der Waals surface area (Å²) in [6.45, 7) is 1.27. The highest BCUT2D eigenvalue weighted by Gasteiger charge is 2.30. The van der Waals surface area contributed by atoms with Gasteiger partial charge in [0.05, 0.1) is 0 Å². The molecule has 1 aliphatic carbocycles. The number of rotatable bonds is 5. The van der Waals surface area contributed by atoms with Crippen LogP contribution in [0, 0.1) is 5.92 Å². The van der Waals surface area contributed by atoms with Crippen molar-refractivity contribution in [2.75, 3.05) is 0 Å². The number of carbonyl (C=O) groups excluding carboxylic acids is 2. The maximum Gasteiger partial charge on any atom is 0.326 e. The minimum Gasteiger partial charge on any atom is -0.480 e. The minimum absolute atomic E-state index is 0.0400. The molecule has 0 aromatic heterocycles. The largest absolute Gasteiger partial charge is 0.480 e. The molecule has 124 valence electrons. The van der Waals surface area contributed by atoms with E-state index in [2.05, 4.69) is 5.32 Å². The van der Waals surface area contributed by atoms with Gasteiger partial charge in [-0.05, 0) is 37.0 Å². The second-order valence-electron chi connectivity index (χ2n) is 5.81. The molecule has 0 bridgehead atoms. The molecule has 1 atom stereocenters. The first-order valence-corrected chi connectivity index (χ1v) is 7.79. The predicted octanol–water partition coefficient (Wildman–Crippen LogP) is 2.38. The van der Waals surface area contributed by atoms with Gasteiger partial charge < -0.3 is 15.2 Å². The van der Waals surface area contributed by atoms with Gasteiger partial charge in [0.1, 0.15) is 11.8 Å². The fourth-order valence-corrected chi connectivity index (χ4v) is 2.94. The van der Waals surface area contributed by atoms with Crippen molar-refractivity contribution in [3.8, 4) is 5.75 Å². The number of benzene rings is 1. The van der Waals surface area contributed by atoms with E-state index in [9.17, 15) is 19.5 Å².